The summed E-state index contributed by atoms with van der Waals surface area (Å²) in [6.45, 7) is 5.37. The summed E-state index contributed by atoms with van der Waals surface area (Å²) in [4.78, 5) is 0. The van der Waals surface area contributed by atoms with Gasteiger partial charge in [-0.1, -0.05) is 26.0 Å². The molecule has 1 aromatic carbocycles. The van der Waals surface area contributed by atoms with Crippen LogP contribution in [0.2, 0.25) is 0 Å². The molecule has 1 N–H and O–H groups in total. The smallest absolute Gasteiger partial charge is 0.137 e. The average molecular weight is 302 g/mol. The molecular weight excluding hydrogens is 281 g/mol. The number of benzene rings is 1. The summed E-state index contributed by atoms with van der Waals surface area (Å²) in [6.07, 6.45) is 3.08. The van der Waals surface area contributed by atoms with Gasteiger partial charge in [-0.3, -0.25) is 0 Å². The second-order valence-electron chi connectivity index (χ2n) is 4.63. The highest BCUT2D eigenvalue weighted by atomic mass is 79.9. The molecule has 0 unspecified atom stereocenters. The molecule has 0 aliphatic heterocycles. The molecule has 0 aromatic heterocycles. The van der Waals surface area contributed by atoms with E-state index in [1.54, 1.807) is 6.07 Å². The zero-order chi connectivity index (χ0) is 12.9. The molecule has 0 radical (unpaired) electrons. The normalized spacial score (nSPS) is 11.8. The maximum atomic E-state index is 13.5. The van der Waals surface area contributed by atoms with E-state index in [2.05, 4.69) is 35.1 Å². The summed E-state index contributed by atoms with van der Waals surface area (Å²) >= 11 is 3.35. The van der Waals surface area contributed by atoms with Crippen LogP contribution in [0.15, 0.2) is 22.7 Å². The lowest BCUT2D eigenvalue weighted by atomic mass is 9.77. The summed E-state index contributed by atoms with van der Waals surface area (Å²) < 4.78 is 14.1. The summed E-state index contributed by atoms with van der Waals surface area (Å²) in [5, 5.41) is 3.26. The molecule has 0 spiro atoms. The molecule has 1 rings (SSSR count). The van der Waals surface area contributed by atoms with Gasteiger partial charge in [0.2, 0.25) is 0 Å². The van der Waals surface area contributed by atoms with E-state index < -0.39 is 0 Å². The third-order valence-electron chi connectivity index (χ3n) is 3.65. The van der Waals surface area contributed by atoms with Gasteiger partial charge in [-0.15, -0.1) is 0 Å². The van der Waals surface area contributed by atoms with Crippen molar-refractivity contribution in [2.75, 3.05) is 13.6 Å². The molecule has 3 heteroatoms. The van der Waals surface area contributed by atoms with Crippen LogP contribution >= 0.6 is 15.9 Å². The summed E-state index contributed by atoms with van der Waals surface area (Å²) in [7, 11) is 1.97. The van der Waals surface area contributed by atoms with Gasteiger partial charge in [0, 0.05) is 6.54 Å². The van der Waals surface area contributed by atoms with Crippen LogP contribution in [0.5, 0.6) is 0 Å². The minimum atomic E-state index is -0.173. The average Bonchev–Trinajstić information content (AvgIpc) is 2.34. The topological polar surface area (TPSA) is 12.0 Å². The predicted octanol–water partition coefficient (Wildman–Crippen LogP) is 4.16. The maximum absolute atomic E-state index is 13.5. The van der Waals surface area contributed by atoms with Crippen molar-refractivity contribution in [2.24, 2.45) is 5.41 Å². The van der Waals surface area contributed by atoms with E-state index in [1.165, 1.54) is 6.07 Å². The molecule has 1 aromatic rings. The van der Waals surface area contributed by atoms with Gasteiger partial charge in [-0.25, -0.2) is 4.39 Å². The Morgan fingerprint density at radius 2 is 1.94 bits per heavy atom. The highest BCUT2D eigenvalue weighted by Gasteiger charge is 2.26. The van der Waals surface area contributed by atoms with Crippen LogP contribution in [0.1, 0.15) is 32.3 Å². The molecule has 0 saturated carbocycles. The van der Waals surface area contributed by atoms with Crippen molar-refractivity contribution in [1.82, 2.24) is 5.32 Å². The molecule has 0 atom stereocenters. The SMILES string of the molecule is CCC(CC)(CNC)Cc1cccc(F)c1Br. The zero-order valence-electron chi connectivity index (χ0n) is 10.8. The van der Waals surface area contributed by atoms with Gasteiger partial charge >= 0.3 is 0 Å². The number of halogens is 2. The van der Waals surface area contributed by atoms with E-state index in [9.17, 15) is 4.39 Å². The van der Waals surface area contributed by atoms with Gasteiger partial charge in [-0.05, 0) is 59.3 Å². The lowest BCUT2D eigenvalue weighted by Gasteiger charge is -2.32. The first-order valence-corrected chi connectivity index (χ1v) is 6.95. The van der Waals surface area contributed by atoms with E-state index in [0.29, 0.717) is 4.47 Å². The molecule has 0 amide bonds. The van der Waals surface area contributed by atoms with E-state index in [0.717, 1.165) is 31.4 Å². The summed E-state index contributed by atoms with van der Waals surface area (Å²) in [6, 6.07) is 5.28. The Morgan fingerprint density at radius 3 is 2.47 bits per heavy atom. The van der Waals surface area contributed by atoms with Gasteiger partial charge in [0.25, 0.3) is 0 Å². The number of hydrogen-bond donors (Lipinski definition) is 1. The van der Waals surface area contributed by atoms with Crippen LogP contribution in [-0.4, -0.2) is 13.6 Å². The predicted molar refractivity (Wildman–Crippen MR) is 74.7 cm³/mol. The highest BCUT2D eigenvalue weighted by molar-refractivity contribution is 9.10. The Balaban J connectivity index is 2.97. The van der Waals surface area contributed by atoms with Crippen molar-refractivity contribution in [2.45, 2.75) is 33.1 Å². The van der Waals surface area contributed by atoms with Gasteiger partial charge in [0.1, 0.15) is 5.82 Å². The van der Waals surface area contributed by atoms with E-state index in [4.69, 9.17) is 0 Å². The number of rotatable bonds is 6. The minimum Gasteiger partial charge on any atom is -0.319 e. The fraction of sp³-hybridized carbons (Fsp3) is 0.571. The molecule has 0 heterocycles. The van der Waals surface area contributed by atoms with Gasteiger partial charge < -0.3 is 5.32 Å². The first-order valence-electron chi connectivity index (χ1n) is 6.16. The van der Waals surface area contributed by atoms with E-state index in [1.807, 2.05) is 13.1 Å². The monoisotopic (exact) mass is 301 g/mol. The number of nitrogens with one attached hydrogen (secondary N) is 1. The van der Waals surface area contributed by atoms with Crippen LogP contribution in [0.3, 0.4) is 0 Å². The van der Waals surface area contributed by atoms with Crippen LogP contribution in [0.4, 0.5) is 4.39 Å². The molecule has 17 heavy (non-hydrogen) atoms. The molecule has 96 valence electrons. The van der Waals surface area contributed by atoms with Gasteiger partial charge in [0.05, 0.1) is 4.47 Å². The molecule has 0 aliphatic rings. The van der Waals surface area contributed by atoms with Crippen molar-refractivity contribution in [3.8, 4) is 0 Å². The molecule has 0 aliphatic carbocycles. The Hall–Kier alpha value is -0.410. The third-order valence-corrected chi connectivity index (χ3v) is 4.54. The standard InChI is InChI=1S/C14H21BrFN/c1-4-14(5-2,10-17-3)9-11-7-6-8-12(16)13(11)15/h6-8,17H,4-5,9-10H2,1-3H3. The van der Waals surface area contributed by atoms with Crippen LogP contribution in [0.25, 0.3) is 0 Å². The Morgan fingerprint density at radius 1 is 1.29 bits per heavy atom. The van der Waals surface area contributed by atoms with Crippen molar-refractivity contribution < 1.29 is 4.39 Å². The molecule has 0 bridgehead atoms. The second-order valence-corrected chi connectivity index (χ2v) is 5.42. The van der Waals surface area contributed by atoms with E-state index >= 15 is 0 Å². The zero-order valence-corrected chi connectivity index (χ0v) is 12.4. The van der Waals surface area contributed by atoms with Gasteiger partial charge in [-0.2, -0.15) is 0 Å². The molecular formula is C14H21BrFN. The minimum absolute atomic E-state index is 0.173. The van der Waals surface area contributed by atoms with Gasteiger partial charge in [0.15, 0.2) is 0 Å². The van der Waals surface area contributed by atoms with Crippen molar-refractivity contribution in [3.05, 3.63) is 34.1 Å². The summed E-state index contributed by atoms with van der Waals surface area (Å²) in [5.74, 6) is -0.173. The van der Waals surface area contributed by atoms with Crippen molar-refractivity contribution in [3.63, 3.8) is 0 Å². The molecule has 0 saturated heterocycles. The van der Waals surface area contributed by atoms with Crippen LogP contribution in [0, 0.1) is 11.2 Å². The van der Waals surface area contributed by atoms with Crippen LogP contribution in [-0.2, 0) is 6.42 Å². The lowest BCUT2D eigenvalue weighted by molar-refractivity contribution is 0.252. The number of hydrogen-bond acceptors (Lipinski definition) is 1. The first-order chi connectivity index (χ1) is 8.08. The Labute approximate surface area is 112 Å². The fourth-order valence-corrected chi connectivity index (χ4v) is 2.68. The Bertz CT molecular complexity index is 361. The largest absolute Gasteiger partial charge is 0.319 e. The lowest BCUT2D eigenvalue weighted by Crippen LogP contribution is -2.33. The van der Waals surface area contributed by atoms with Crippen molar-refractivity contribution in [1.29, 1.82) is 0 Å². The quantitative estimate of drug-likeness (QED) is 0.832. The fourth-order valence-electron chi connectivity index (χ4n) is 2.28. The third kappa shape index (κ3) is 3.52. The maximum Gasteiger partial charge on any atom is 0.137 e. The molecule has 0 fully saturated rings. The molecule has 1 nitrogen and oxygen atoms in total. The van der Waals surface area contributed by atoms with Crippen LogP contribution < -0.4 is 5.32 Å². The Kier molecular flexibility index (Phi) is 5.60. The van der Waals surface area contributed by atoms with E-state index in [-0.39, 0.29) is 11.2 Å². The first kappa shape index (κ1) is 14.7. The summed E-state index contributed by atoms with van der Waals surface area (Å²) in [5.41, 5.74) is 1.27. The highest BCUT2D eigenvalue weighted by Crippen LogP contribution is 2.33. The van der Waals surface area contributed by atoms with Crippen molar-refractivity contribution >= 4 is 15.9 Å². The second kappa shape index (κ2) is 6.50.